The lowest BCUT2D eigenvalue weighted by Crippen LogP contribution is -2.35. The average molecular weight is 270 g/mol. The minimum Gasteiger partial charge on any atom is -0.269 e. The fraction of sp³-hybridized carbons (Fsp3) is 0.400. The molecule has 0 aliphatic rings. The highest BCUT2D eigenvalue weighted by Crippen LogP contribution is 2.21. The molecule has 0 atom stereocenters. The summed E-state index contributed by atoms with van der Waals surface area (Å²) >= 11 is 0. The lowest BCUT2D eigenvalue weighted by atomic mass is 10.1. The summed E-state index contributed by atoms with van der Waals surface area (Å²) in [6.07, 6.45) is 3.41. The number of nitrogens with zero attached hydrogens (tertiary/aromatic N) is 4. The molecule has 0 spiro atoms. The highest BCUT2D eigenvalue weighted by atomic mass is 16.2. The van der Waals surface area contributed by atoms with Crippen molar-refractivity contribution in [2.45, 2.75) is 39.8 Å². The predicted molar refractivity (Wildman–Crippen MR) is 78.2 cm³/mol. The van der Waals surface area contributed by atoms with Gasteiger partial charge >= 0.3 is 5.69 Å². The lowest BCUT2D eigenvalue weighted by molar-refractivity contribution is 0.384. The molecule has 2 aromatic heterocycles. The zero-order chi connectivity index (χ0) is 14.8. The maximum atomic E-state index is 12.5. The Hall–Kier alpha value is -2.35. The summed E-state index contributed by atoms with van der Waals surface area (Å²) in [7, 11) is 0. The lowest BCUT2D eigenvalue weighted by Gasteiger charge is -2.21. The Morgan fingerprint density at radius 2 is 2.10 bits per heavy atom. The molecular formula is C15H18N4O. The Morgan fingerprint density at radius 3 is 2.65 bits per heavy atom. The third-order valence-electron chi connectivity index (χ3n) is 2.84. The molecule has 0 aromatic carbocycles. The maximum Gasteiger partial charge on any atom is 0.347 e. The first kappa shape index (κ1) is 14.1. The zero-order valence-electron chi connectivity index (χ0n) is 12.2. The summed E-state index contributed by atoms with van der Waals surface area (Å²) < 4.78 is 3.07. The molecule has 20 heavy (non-hydrogen) atoms. The van der Waals surface area contributed by atoms with E-state index in [0.29, 0.717) is 12.4 Å². The largest absolute Gasteiger partial charge is 0.347 e. The number of hydrogen-bond donors (Lipinski definition) is 0. The molecule has 0 amide bonds. The van der Waals surface area contributed by atoms with Crippen LogP contribution >= 0.6 is 0 Å². The van der Waals surface area contributed by atoms with Gasteiger partial charge in [0, 0.05) is 23.5 Å². The first-order valence-corrected chi connectivity index (χ1v) is 6.45. The molecule has 0 radical (unpaired) electrons. The first-order valence-electron chi connectivity index (χ1n) is 6.45. The van der Waals surface area contributed by atoms with Crippen LogP contribution < -0.4 is 5.69 Å². The molecule has 0 aliphatic carbocycles. The monoisotopic (exact) mass is 270 g/mol. The second kappa shape index (κ2) is 5.33. The van der Waals surface area contributed by atoms with Crippen molar-refractivity contribution in [1.82, 2.24) is 19.3 Å². The van der Waals surface area contributed by atoms with Crippen LogP contribution in [-0.4, -0.2) is 19.3 Å². The van der Waals surface area contributed by atoms with E-state index in [9.17, 15) is 4.79 Å². The number of rotatable bonds is 2. The summed E-state index contributed by atoms with van der Waals surface area (Å²) in [6.45, 7) is 7.98. The molecule has 0 aliphatic heterocycles. The van der Waals surface area contributed by atoms with E-state index in [1.807, 2.05) is 32.9 Å². The molecule has 2 heterocycles. The van der Waals surface area contributed by atoms with E-state index >= 15 is 0 Å². The topological polar surface area (TPSA) is 52.7 Å². The van der Waals surface area contributed by atoms with E-state index in [2.05, 4.69) is 21.9 Å². The van der Waals surface area contributed by atoms with Crippen LogP contribution in [0.15, 0.2) is 29.3 Å². The van der Waals surface area contributed by atoms with E-state index < -0.39 is 0 Å². The Kier molecular flexibility index (Phi) is 3.75. The van der Waals surface area contributed by atoms with Gasteiger partial charge < -0.3 is 0 Å². The van der Waals surface area contributed by atoms with Crippen molar-refractivity contribution in [3.8, 4) is 23.2 Å². The van der Waals surface area contributed by atoms with Gasteiger partial charge in [-0.3, -0.25) is 9.55 Å². The van der Waals surface area contributed by atoms with Crippen molar-refractivity contribution in [3.63, 3.8) is 0 Å². The van der Waals surface area contributed by atoms with Gasteiger partial charge in [-0.15, -0.1) is 11.0 Å². The zero-order valence-corrected chi connectivity index (χ0v) is 12.2. The second-order valence-electron chi connectivity index (χ2n) is 5.44. The fourth-order valence-electron chi connectivity index (χ4n) is 1.95. The van der Waals surface area contributed by atoms with E-state index in [4.69, 9.17) is 0 Å². The van der Waals surface area contributed by atoms with E-state index in [1.165, 1.54) is 4.68 Å². The molecule has 5 nitrogen and oxygen atoms in total. The standard InChI is InChI=1S/C15H18N4O/c1-5-6-10-18-14(20)19(15(2,3)4)13(17-18)12-8-7-9-16-11-12/h7-9,11H,10H2,1-4H3. The van der Waals surface area contributed by atoms with Crippen molar-refractivity contribution in [2.75, 3.05) is 0 Å². The van der Waals surface area contributed by atoms with Crippen LogP contribution in [0.5, 0.6) is 0 Å². The minimum absolute atomic E-state index is 0.154. The van der Waals surface area contributed by atoms with Crippen molar-refractivity contribution < 1.29 is 0 Å². The van der Waals surface area contributed by atoms with Crippen LogP contribution in [0.25, 0.3) is 11.4 Å². The van der Waals surface area contributed by atoms with E-state index in [-0.39, 0.29) is 11.2 Å². The second-order valence-corrected chi connectivity index (χ2v) is 5.44. The highest BCUT2D eigenvalue weighted by Gasteiger charge is 2.24. The summed E-state index contributed by atoms with van der Waals surface area (Å²) in [5.41, 5.74) is 0.307. The molecule has 2 aromatic rings. The van der Waals surface area contributed by atoms with Gasteiger partial charge in [-0.1, -0.05) is 5.92 Å². The molecule has 0 unspecified atom stereocenters. The minimum atomic E-state index is -0.361. The van der Waals surface area contributed by atoms with Crippen LogP contribution in [-0.2, 0) is 12.1 Å². The number of hydrogen-bond acceptors (Lipinski definition) is 3. The molecule has 0 N–H and O–H groups in total. The SMILES string of the molecule is CC#CCn1nc(-c2cccnc2)n(C(C)(C)C)c1=O. The van der Waals surface area contributed by atoms with Gasteiger partial charge in [-0.05, 0) is 39.8 Å². The molecule has 0 fully saturated rings. The van der Waals surface area contributed by atoms with Crippen molar-refractivity contribution in [3.05, 3.63) is 35.0 Å². The van der Waals surface area contributed by atoms with Gasteiger partial charge in [0.1, 0.15) is 6.54 Å². The molecule has 2 rings (SSSR count). The van der Waals surface area contributed by atoms with Gasteiger partial charge in [0.25, 0.3) is 0 Å². The smallest absolute Gasteiger partial charge is 0.269 e. The average Bonchev–Trinajstić information content (AvgIpc) is 2.74. The highest BCUT2D eigenvalue weighted by molar-refractivity contribution is 5.53. The van der Waals surface area contributed by atoms with Gasteiger partial charge in [-0.25, -0.2) is 9.48 Å². The normalized spacial score (nSPS) is 11.0. The van der Waals surface area contributed by atoms with E-state index in [0.717, 1.165) is 5.56 Å². The Morgan fingerprint density at radius 1 is 1.35 bits per heavy atom. The summed E-state index contributed by atoms with van der Waals surface area (Å²) in [4.78, 5) is 16.6. The quantitative estimate of drug-likeness (QED) is 0.783. The van der Waals surface area contributed by atoms with Crippen LogP contribution in [0.1, 0.15) is 27.7 Å². The van der Waals surface area contributed by atoms with Crippen LogP contribution in [0.3, 0.4) is 0 Å². The van der Waals surface area contributed by atoms with Gasteiger partial charge in [-0.2, -0.15) is 0 Å². The fourth-order valence-corrected chi connectivity index (χ4v) is 1.95. The number of aromatic nitrogens is 4. The maximum absolute atomic E-state index is 12.5. The third kappa shape index (κ3) is 2.64. The molecule has 0 saturated heterocycles. The summed E-state index contributed by atoms with van der Waals surface area (Å²) in [5, 5.41) is 4.41. The first-order chi connectivity index (χ1) is 9.45. The summed E-state index contributed by atoms with van der Waals surface area (Å²) in [5.74, 6) is 6.27. The molecule has 0 saturated carbocycles. The Balaban J connectivity index is 2.66. The Bertz CT molecular complexity index is 708. The predicted octanol–water partition coefficient (Wildman–Crippen LogP) is 1.89. The third-order valence-corrected chi connectivity index (χ3v) is 2.84. The van der Waals surface area contributed by atoms with Crippen molar-refractivity contribution in [1.29, 1.82) is 0 Å². The van der Waals surface area contributed by atoms with Crippen molar-refractivity contribution >= 4 is 0 Å². The molecular weight excluding hydrogens is 252 g/mol. The van der Waals surface area contributed by atoms with Crippen molar-refractivity contribution in [2.24, 2.45) is 0 Å². The van der Waals surface area contributed by atoms with Crippen LogP contribution in [0, 0.1) is 11.8 Å². The summed E-state index contributed by atoms with van der Waals surface area (Å²) in [6, 6.07) is 3.73. The van der Waals surface area contributed by atoms with Gasteiger partial charge in [0.2, 0.25) is 0 Å². The van der Waals surface area contributed by atoms with Crippen LogP contribution in [0.4, 0.5) is 0 Å². The molecule has 0 bridgehead atoms. The molecule has 5 heteroatoms. The molecule has 104 valence electrons. The van der Waals surface area contributed by atoms with E-state index in [1.54, 1.807) is 23.9 Å². The van der Waals surface area contributed by atoms with Crippen LogP contribution in [0.2, 0.25) is 0 Å². The van der Waals surface area contributed by atoms with Gasteiger partial charge in [0.15, 0.2) is 5.82 Å². The Labute approximate surface area is 118 Å². The number of pyridine rings is 1. The van der Waals surface area contributed by atoms with Gasteiger partial charge in [0.05, 0.1) is 0 Å².